The number of hydrogen-bond acceptors (Lipinski definition) is 2. The van der Waals surface area contributed by atoms with E-state index in [1.165, 1.54) is 0 Å². The molecule has 0 aromatic carbocycles. The summed E-state index contributed by atoms with van der Waals surface area (Å²) >= 11 is 0. The lowest BCUT2D eigenvalue weighted by atomic mass is 10.4. The van der Waals surface area contributed by atoms with Gasteiger partial charge in [-0.2, -0.15) is 5.06 Å². The van der Waals surface area contributed by atoms with E-state index in [9.17, 15) is 0 Å². The van der Waals surface area contributed by atoms with Crippen molar-refractivity contribution in [1.82, 2.24) is 5.06 Å². The van der Waals surface area contributed by atoms with Gasteiger partial charge in [0.25, 0.3) is 0 Å². The van der Waals surface area contributed by atoms with Crippen LogP contribution in [0.4, 0.5) is 0 Å². The summed E-state index contributed by atoms with van der Waals surface area (Å²) in [7, 11) is 1.70. The molecule has 2 nitrogen and oxygen atoms in total. The Hall–Kier alpha value is -0.0800. The van der Waals surface area contributed by atoms with E-state index in [1.807, 2.05) is 5.06 Å². The summed E-state index contributed by atoms with van der Waals surface area (Å²) in [5.41, 5.74) is 0. The lowest BCUT2D eigenvalue weighted by Gasteiger charge is -2.20. The molecule has 0 N–H and O–H groups in total. The molecular weight excluding hydrogens is 102 g/mol. The fraction of sp³-hybridized carbons (Fsp3) is 1.00. The van der Waals surface area contributed by atoms with E-state index in [2.05, 4.69) is 20.8 Å². The summed E-state index contributed by atoms with van der Waals surface area (Å²) in [6.45, 7) is 7.23. The fourth-order valence-electron chi connectivity index (χ4n) is 0.705. The van der Waals surface area contributed by atoms with Crippen LogP contribution in [0.3, 0.4) is 0 Å². The van der Waals surface area contributed by atoms with Crippen LogP contribution in [0.1, 0.15) is 20.8 Å². The molecule has 2 heteroatoms. The maximum absolute atomic E-state index is 4.99. The third-order valence-corrected chi connectivity index (χ3v) is 1.12. The maximum atomic E-state index is 4.99. The zero-order chi connectivity index (χ0) is 6.57. The van der Waals surface area contributed by atoms with Gasteiger partial charge in [-0.15, -0.1) is 0 Å². The molecule has 0 aliphatic heterocycles. The summed E-state index contributed by atoms with van der Waals surface area (Å²) in [4.78, 5) is 4.99. The molecule has 0 heterocycles. The van der Waals surface area contributed by atoms with Crippen LogP contribution in [0.2, 0.25) is 0 Å². The summed E-state index contributed by atoms with van der Waals surface area (Å²) < 4.78 is 0. The molecule has 8 heavy (non-hydrogen) atoms. The van der Waals surface area contributed by atoms with Gasteiger partial charge in [0.15, 0.2) is 0 Å². The van der Waals surface area contributed by atoms with E-state index in [-0.39, 0.29) is 0 Å². The standard InChI is InChI=1S/C6H15NO/c1-5-7(8-4)6(2)3/h6H,5H2,1-4H3. The van der Waals surface area contributed by atoms with E-state index in [1.54, 1.807) is 7.11 Å². The molecular formula is C6H15NO. The molecule has 0 aromatic rings. The van der Waals surface area contributed by atoms with Crippen molar-refractivity contribution in [3.63, 3.8) is 0 Å². The van der Waals surface area contributed by atoms with Crippen molar-refractivity contribution in [2.45, 2.75) is 26.8 Å². The Labute approximate surface area is 51.4 Å². The molecule has 0 bridgehead atoms. The molecule has 0 radical (unpaired) electrons. The van der Waals surface area contributed by atoms with E-state index >= 15 is 0 Å². The summed E-state index contributed by atoms with van der Waals surface area (Å²) in [6.07, 6.45) is 0. The molecule has 0 aromatic heterocycles. The molecule has 0 rings (SSSR count). The van der Waals surface area contributed by atoms with Crippen molar-refractivity contribution < 1.29 is 4.84 Å². The van der Waals surface area contributed by atoms with Gasteiger partial charge in [-0.1, -0.05) is 6.92 Å². The van der Waals surface area contributed by atoms with Crippen molar-refractivity contribution >= 4 is 0 Å². The predicted molar refractivity (Wildman–Crippen MR) is 34.5 cm³/mol. The quantitative estimate of drug-likeness (QED) is 0.516. The maximum Gasteiger partial charge on any atom is 0.0575 e. The van der Waals surface area contributed by atoms with E-state index in [4.69, 9.17) is 4.84 Å². The first-order chi connectivity index (χ1) is 3.72. The Morgan fingerprint density at radius 1 is 1.50 bits per heavy atom. The second kappa shape index (κ2) is 3.87. The highest BCUT2D eigenvalue weighted by molar-refractivity contribution is 4.46. The first kappa shape index (κ1) is 7.92. The van der Waals surface area contributed by atoms with Crippen LogP contribution < -0.4 is 0 Å². The fourth-order valence-corrected chi connectivity index (χ4v) is 0.705. The SMILES string of the molecule is CCN(OC)C(C)C. The Kier molecular flexibility index (Phi) is 3.83. The Bertz CT molecular complexity index is 50.5. The van der Waals surface area contributed by atoms with Gasteiger partial charge in [-0.25, -0.2) is 0 Å². The molecule has 0 aliphatic rings. The molecule has 0 aliphatic carbocycles. The van der Waals surface area contributed by atoms with Crippen LogP contribution in [0.15, 0.2) is 0 Å². The van der Waals surface area contributed by atoms with Crippen LogP contribution in [-0.2, 0) is 4.84 Å². The molecule has 50 valence electrons. The zero-order valence-electron chi connectivity index (χ0n) is 6.14. The van der Waals surface area contributed by atoms with Crippen molar-refractivity contribution in [3.05, 3.63) is 0 Å². The molecule has 0 spiro atoms. The largest absolute Gasteiger partial charge is 0.302 e. The molecule has 0 atom stereocenters. The average molecular weight is 117 g/mol. The number of hydrogen-bond donors (Lipinski definition) is 0. The van der Waals surface area contributed by atoms with Crippen LogP contribution in [-0.4, -0.2) is 24.8 Å². The number of rotatable bonds is 3. The van der Waals surface area contributed by atoms with Gasteiger partial charge in [0.2, 0.25) is 0 Å². The van der Waals surface area contributed by atoms with Gasteiger partial charge < -0.3 is 4.84 Å². The molecule has 0 unspecified atom stereocenters. The van der Waals surface area contributed by atoms with Crippen LogP contribution in [0.25, 0.3) is 0 Å². The van der Waals surface area contributed by atoms with Crippen molar-refractivity contribution in [1.29, 1.82) is 0 Å². The van der Waals surface area contributed by atoms with Gasteiger partial charge >= 0.3 is 0 Å². The molecule has 0 amide bonds. The van der Waals surface area contributed by atoms with E-state index in [0.717, 1.165) is 6.54 Å². The lowest BCUT2D eigenvalue weighted by Crippen LogP contribution is -2.29. The third kappa shape index (κ3) is 2.28. The molecule has 0 saturated heterocycles. The summed E-state index contributed by atoms with van der Waals surface area (Å²) in [6, 6.07) is 0.491. The molecule has 0 fully saturated rings. The highest BCUT2D eigenvalue weighted by atomic mass is 16.7. The van der Waals surface area contributed by atoms with Crippen LogP contribution in [0, 0.1) is 0 Å². The third-order valence-electron chi connectivity index (χ3n) is 1.12. The number of hydroxylamine groups is 2. The second-order valence-corrected chi connectivity index (χ2v) is 2.01. The van der Waals surface area contributed by atoms with Crippen LogP contribution in [0.5, 0.6) is 0 Å². The first-order valence-corrected chi connectivity index (χ1v) is 3.03. The van der Waals surface area contributed by atoms with Crippen LogP contribution >= 0.6 is 0 Å². The minimum Gasteiger partial charge on any atom is -0.302 e. The minimum atomic E-state index is 0.491. The van der Waals surface area contributed by atoms with Crippen molar-refractivity contribution in [3.8, 4) is 0 Å². The van der Waals surface area contributed by atoms with Gasteiger partial charge in [0, 0.05) is 12.6 Å². The smallest absolute Gasteiger partial charge is 0.0575 e. The van der Waals surface area contributed by atoms with Gasteiger partial charge in [0.1, 0.15) is 0 Å². The predicted octanol–water partition coefficient (Wildman–Crippen LogP) is 1.28. The van der Waals surface area contributed by atoms with E-state index < -0.39 is 0 Å². The highest BCUT2D eigenvalue weighted by Gasteiger charge is 2.02. The topological polar surface area (TPSA) is 12.5 Å². The zero-order valence-corrected chi connectivity index (χ0v) is 6.14. The average Bonchev–Trinajstić information content (AvgIpc) is 1.69. The summed E-state index contributed by atoms with van der Waals surface area (Å²) in [5, 5.41) is 1.92. The normalized spacial score (nSPS) is 11.2. The number of nitrogens with zero attached hydrogens (tertiary/aromatic N) is 1. The Morgan fingerprint density at radius 3 is 2.00 bits per heavy atom. The minimum absolute atomic E-state index is 0.491. The van der Waals surface area contributed by atoms with Crippen molar-refractivity contribution in [2.24, 2.45) is 0 Å². The Morgan fingerprint density at radius 2 is 2.00 bits per heavy atom. The van der Waals surface area contributed by atoms with Crippen molar-refractivity contribution in [2.75, 3.05) is 13.7 Å². The Balaban J connectivity index is 3.35. The van der Waals surface area contributed by atoms with Gasteiger partial charge in [0.05, 0.1) is 7.11 Å². The monoisotopic (exact) mass is 117 g/mol. The first-order valence-electron chi connectivity index (χ1n) is 3.03. The summed E-state index contributed by atoms with van der Waals surface area (Å²) in [5.74, 6) is 0. The van der Waals surface area contributed by atoms with E-state index in [0.29, 0.717) is 6.04 Å². The molecule has 0 saturated carbocycles. The second-order valence-electron chi connectivity index (χ2n) is 2.01. The highest BCUT2D eigenvalue weighted by Crippen LogP contribution is 1.94. The lowest BCUT2D eigenvalue weighted by molar-refractivity contribution is -0.149. The van der Waals surface area contributed by atoms with Gasteiger partial charge in [-0.3, -0.25) is 0 Å². The van der Waals surface area contributed by atoms with Gasteiger partial charge in [-0.05, 0) is 13.8 Å².